The highest BCUT2D eigenvalue weighted by molar-refractivity contribution is 5.92. The van der Waals surface area contributed by atoms with Crippen LogP contribution in [-0.4, -0.2) is 91.9 Å². The van der Waals surface area contributed by atoms with Crippen molar-refractivity contribution in [2.75, 3.05) is 70.6 Å². The van der Waals surface area contributed by atoms with Crippen LogP contribution in [-0.2, 0) is 14.3 Å². The van der Waals surface area contributed by atoms with Crippen molar-refractivity contribution < 1.29 is 18.7 Å². The number of piperazine rings is 1. The Morgan fingerprint density at radius 1 is 1.27 bits per heavy atom. The quantitative estimate of drug-likeness (QED) is 0.569. The van der Waals surface area contributed by atoms with E-state index in [1.165, 1.54) is 6.07 Å². The number of pyridine rings is 1. The maximum absolute atomic E-state index is 14.5. The fourth-order valence-electron chi connectivity index (χ4n) is 4.45. The fourth-order valence-corrected chi connectivity index (χ4v) is 4.45. The number of anilines is 1. The second-order valence-electron chi connectivity index (χ2n) is 8.00. The molecule has 2 aliphatic rings. The predicted molar refractivity (Wildman–Crippen MR) is 114 cm³/mol. The molecule has 0 spiro atoms. The minimum absolute atomic E-state index is 0.103. The monoisotopic (exact) mass is 422 g/mol. The Balaban J connectivity index is 1.76. The molecular weight excluding hydrogens is 387 g/mol. The van der Waals surface area contributed by atoms with Gasteiger partial charge in [0, 0.05) is 77.2 Å². The first-order chi connectivity index (χ1) is 14.6. The molecule has 1 aromatic heterocycles. The zero-order valence-electron chi connectivity index (χ0n) is 18.3. The molecule has 0 atom stereocenters. The van der Waals surface area contributed by atoms with Crippen LogP contribution in [0.15, 0.2) is 18.3 Å². The lowest BCUT2D eigenvalue weighted by Crippen LogP contribution is -2.64. The standard InChI is InChI=1S/C22H35FN4O3/c1-3-20(28)27(21-19(23)6-5-9-24-21)18-22(7-15-30-16-8-22)26-12-10-25(11-13-26)14-17-29-4-2/h5-6,9H,3-4,7-8,10-18H2,1-2H3. The number of rotatable bonds is 9. The summed E-state index contributed by atoms with van der Waals surface area (Å²) in [5, 5.41) is 0. The zero-order valence-corrected chi connectivity index (χ0v) is 18.3. The van der Waals surface area contributed by atoms with Gasteiger partial charge in [0.15, 0.2) is 11.6 Å². The summed E-state index contributed by atoms with van der Waals surface area (Å²) in [5.41, 5.74) is -0.223. The maximum Gasteiger partial charge on any atom is 0.228 e. The molecule has 2 saturated heterocycles. The molecule has 3 heterocycles. The molecular formula is C22H35FN4O3. The molecule has 168 valence electrons. The van der Waals surface area contributed by atoms with Crippen molar-refractivity contribution in [1.29, 1.82) is 0 Å². The molecule has 8 heteroatoms. The number of carbonyl (C=O) groups is 1. The average Bonchev–Trinajstić information content (AvgIpc) is 2.79. The number of hydrogen-bond acceptors (Lipinski definition) is 6. The Hall–Kier alpha value is -1.61. The number of nitrogens with zero attached hydrogens (tertiary/aromatic N) is 4. The largest absolute Gasteiger partial charge is 0.381 e. The van der Waals surface area contributed by atoms with Gasteiger partial charge in [0.25, 0.3) is 0 Å². The van der Waals surface area contributed by atoms with Crippen LogP contribution in [0.4, 0.5) is 10.2 Å². The van der Waals surface area contributed by atoms with E-state index in [9.17, 15) is 9.18 Å². The van der Waals surface area contributed by atoms with Gasteiger partial charge in [-0.05, 0) is 31.9 Å². The van der Waals surface area contributed by atoms with Crippen molar-refractivity contribution >= 4 is 11.7 Å². The molecule has 1 amide bonds. The Bertz CT molecular complexity index is 676. The Labute approximate surface area is 179 Å². The number of ether oxygens (including phenoxy) is 2. The van der Waals surface area contributed by atoms with Gasteiger partial charge in [-0.1, -0.05) is 6.92 Å². The van der Waals surface area contributed by atoms with E-state index in [1.54, 1.807) is 17.2 Å². The smallest absolute Gasteiger partial charge is 0.228 e. The van der Waals surface area contributed by atoms with Crippen molar-refractivity contribution in [1.82, 2.24) is 14.8 Å². The molecule has 0 radical (unpaired) electrons. The molecule has 0 aliphatic carbocycles. The van der Waals surface area contributed by atoms with Crippen molar-refractivity contribution in [3.05, 3.63) is 24.1 Å². The van der Waals surface area contributed by atoms with Gasteiger partial charge in [-0.25, -0.2) is 9.37 Å². The summed E-state index contributed by atoms with van der Waals surface area (Å²) in [7, 11) is 0. The molecule has 1 aromatic rings. The van der Waals surface area contributed by atoms with Crippen molar-refractivity contribution in [2.24, 2.45) is 0 Å². The summed E-state index contributed by atoms with van der Waals surface area (Å²) in [6.45, 7) is 11.8. The Kier molecular flexibility index (Phi) is 8.56. The SMILES string of the molecule is CCOCCN1CCN(C2(CN(C(=O)CC)c3ncccc3F)CCOCC2)CC1. The van der Waals surface area contributed by atoms with Crippen LogP contribution < -0.4 is 4.90 Å². The third kappa shape index (κ3) is 5.55. The first kappa shape index (κ1) is 23.1. The van der Waals surface area contributed by atoms with E-state index in [0.29, 0.717) is 26.2 Å². The van der Waals surface area contributed by atoms with Crippen molar-refractivity contribution in [2.45, 2.75) is 38.6 Å². The Morgan fingerprint density at radius 3 is 2.63 bits per heavy atom. The molecule has 0 unspecified atom stereocenters. The van der Waals surface area contributed by atoms with Gasteiger partial charge in [-0.2, -0.15) is 0 Å². The first-order valence-corrected chi connectivity index (χ1v) is 11.1. The van der Waals surface area contributed by atoms with Gasteiger partial charge in [-0.3, -0.25) is 19.5 Å². The lowest BCUT2D eigenvalue weighted by Gasteiger charge is -2.51. The average molecular weight is 423 g/mol. The van der Waals surface area contributed by atoms with Crippen molar-refractivity contribution in [3.63, 3.8) is 0 Å². The lowest BCUT2D eigenvalue weighted by atomic mass is 9.86. The van der Waals surface area contributed by atoms with Gasteiger partial charge in [0.2, 0.25) is 5.91 Å². The second-order valence-corrected chi connectivity index (χ2v) is 8.00. The van der Waals surface area contributed by atoms with E-state index in [2.05, 4.69) is 14.8 Å². The van der Waals surface area contributed by atoms with Gasteiger partial charge in [0.05, 0.1) is 6.61 Å². The van der Waals surface area contributed by atoms with E-state index < -0.39 is 5.82 Å². The van der Waals surface area contributed by atoms with Crippen LogP contribution in [0.5, 0.6) is 0 Å². The number of amides is 1. The van der Waals surface area contributed by atoms with Gasteiger partial charge in [-0.15, -0.1) is 0 Å². The lowest BCUT2D eigenvalue weighted by molar-refractivity contribution is -0.119. The number of carbonyl (C=O) groups excluding carboxylic acids is 1. The third-order valence-corrected chi connectivity index (χ3v) is 6.27. The highest BCUT2D eigenvalue weighted by atomic mass is 19.1. The van der Waals surface area contributed by atoms with Crippen LogP contribution in [0.3, 0.4) is 0 Å². The van der Waals surface area contributed by atoms with Gasteiger partial charge >= 0.3 is 0 Å². The van der Waals surface area contributed by atoms with Crippen LogP contribution in [0.2, 0.25) is 0 Å². The Morgan fingerprint density at radius 2 is 2.00 bits per heavy atom. The van der Waals surface area contributed by atoms with Crippen LogP contribution in [0, 0.1) is 5.82 Å². The van der Waals surface area contributed by atoms with Crippen LogP contribution in [0.1, 0.15) is 33.1 Å². The number of hydrogen-bond donors (Lipinski definition) is 0. The van der Waals surface area contributed by atoms with E-state index in [0.717, 1.165) is 58.8 Å². The molecule has 7 nitrogen and oxygen atoms in total. The van der Waals surface area contributed by atoms with E-state index in [4.69, 9.17) is 9.47 Å². The maximum atomic E-state index is 14.5. The fraction of sp³-hybridized carbons (Fsp3) is 0.727. The minimum atomic E-state index is -0.456. The van der Waals surface area contributed by atoms with E-state index >= 15 is 0 Å². The second kappa shape index (κ2) is 11.1. The van der Waals surface area contributed by atoms with E-state index in [-0.39, 0.29) is 17.3 Å². The summed E-state index contributed by atoms with van der Waals surface area (Å²) in [5.74, 6) is -0.429. The molecule has 0 aromatic carbocycles. The summed E-state index contributed by atoms with van der Waals surface area (Å²) < 4.78 is 25.7. The topological polar surface area (TPSA) is 58.1 Å². The molecule has 2 aliphatic heterocycles. The number of halogens is 1. The van der Waals surface area contributed by atoms with Crippen LogP contribution >= 0.6 is 0 Å². The van der Waals surface area contributed by atoms with Gasteiger partial charge < -0.3 is 9.47 Å². The number of aromatic nitrogens is 1. The van der Waals surface area contributed by atoms with E-state index in [1.807, 2.05) is 13.8 Å². The van der Waals surface area contributed by atoms with Crippen LogP contribution in [0.25, 0.3) is 0 Å². The zero-order chi connectivity index (χ0) is 21.4. The molecule has 30 heavy (non-hydrogen) atoms. The first-order valence-electron chi connectivity index (χ1n) is 11.1. The molecule has 3 rings (SSSR count). The molecule has 0 bridgehead atoms. The summed E-state index contributed by atoms with van der Waals surface area (Å²) in [4.78, 5) is 23.5. The highest BCUT2D eigenvalue weighted by Gasteiger charge is 2.42. The highest BCUT2D eigenvalue weighted by Crippen LogP contribution is 2.32. The molecule has 0 saturated carbocycles. The molecule has 2 fully saturated rings. The molecule has 0 N–H and O–H groups in total. The third-order valence-electron chi connectivity index (χ3n) is 6.27. The minimum Gasteiger partial charge on any atom is -0.381 e. The summed E-state index contributed by atoms with van der Waals surface area (Å²) in [6, 6.07) is 2.92. The summed E-state index contributed by atoms with van der Waals surface area (Å²) >= 11 is 0. The predicted octanol–water partition coefficient (Wildman–Crippen LogP) is 2.17. The normalized spacial score (nSPS) is 20.2. The summed E-state index contributed by atoms with van der Waals surface area (Å²) in [6.07, 6.45) is 3.51. The van der Waals surface area contributed by atoms with Gasteiger partial charge in [0.1, 0.15) is 0 Å². The van der Waals surface area contributed by atoms with Crippen molar-refractivity contribution in [3.8, 4) is 0 Å².